The van der Waals surface area contributed by atoms with Crippen LogP contribution in [-0.2, 0) is 0 Å². The summed E-state index contributed by atoms with van der Waals surface area (Å²) >= 11 is 0. The van der Waals surface area contributed by atoms with E-state index in [1.165, 1.54) is 0 Å². The molecule has 0 saturated carbocycles. The smallest absolute Gasteiger partial charge is 0.143 e. The van der Waals surface area contributed by atoms with Crippen LogP contribution in [0.1, 0.15) is 5.48 Å². The van der Waals surface area contributed by atoms with Gasteiger partial charge < -0.3 is 9.32 Å². The lowest BCUT2D eigenvalue weighted by Gasteiger charge is -2.26. The molecule has 0 bridgehead atoms. The summed E-state index contributed by atoms with van der Waals surface area (Å²) in [6.07, 6.45) is 0. The van der Waals surface area contributed by atoms with Gasteiger partial charge in [0.15, 0.2) is 0 Å². The second-order valence-electron chi connectivity index (χ2n) is 15.0. The summed E-state index contributed by atoms with van der Waals surface area (Å²) in [5, 5.41) is 4.18. The van der Waals surface area contributed by atoms with Gasteiger partial charge in [-0.2, -0.15) is 0 Å². The molecule has 1 heterocycles. The first-order valence-corrected chi connectivity index (χ1v) is 20.2. The molecule has 0 spiro atoms. The number of anilines is 3. The van der Waals surface area contributed by atoms with Crippen LogP contribution >= 0.6 is 0 Å². The molecular formula is C58H39NO. The minimum absolute atomic E-state index is 0.110. The van der Waals surface area contributed by atoms with Crippen LogP contribution in [0.25, 0.3) is 88.3 Å². The maximum atomic E-state index is 9.61. The van der Waals surface area contributed by atoms with Crippen LogP contribution in [-0.4, -0.2) is 0 Å². The molecule has 2 nitrogen and oxygen atoms in total. The molecule has 0 radical (unpaired) electrons. The van der Waals surface area contributed by atoms with Gasteiger partial charge in [-0.05, 0) is 110 Å². The average Bonchev–Trinajstić information content (AvgIpc) is 3.75. The van der Waals surface area contributed by atoms with Gasteiger partial charge in [-0.25, -0.2) is 0 Å². The molecule has 0 fully saturated rings. The van der Waals surface area contributed by atoms with Gasteiger partial charge in [-0.1, -0.05) is 188 Å². The standard InChI is InChI=1S/C58H39NO/c1-3-11-40(12-4-1)42-21-25-44(26-22-42)46-29-34-50(35-30-46)59(51-36-31-47(32-37-51)45-27-23-43(24-28-45)41-13-5-2-6-14-41)52-17-9-16-49(39-52)53-19-10-20-56-57(53)55-38-33-48-15-7-8-18-54(48)58(55)60-56/h1-39H/i29D,30D,34D,35D. The molecule has 1 aromatic heterocycles. The highest BCUT2D eigenvalue weighted by molar-refractivity contribution is 6.19. The van der Waals surface area contributed by atoms with Crippen LogP contribution in [0.4, 0.5) is 17.1 Å². The largest absolute Gasteiger partial charge is 0.455 e. The Kier molecular flexibility index (Phi) is 7.83. The second kappa shape index (κ2) is 15.1. The molecule has 11 rings (SSSR count). The van der Waals surface area contributed by atoms with E-state index in [-0.39, 0.29) is 35.4 Å². The van der Waals surface area contributed by atoms with Crippen molar-refractivity contribution in [3.63, 3.8) is 0 Å². The minimum Gasteiger partial charge on any atom is -0.455 e. The highest BCUT2D eigenvalue weighted by Gasteiger charge is 2.18. The summed E-state index contributed by atoms with van der Waals surface area (Å²) < 4.78 is 44.6. The summed E-state index contributed by atoms with van der Waals surface area (Å²) in [4.78, 5) is 1.86. The van der Waals surface area contributed by atoms with E-state index in [0.717, 1.165) is 77.2 Å². The summed E-state index contributed by atoms with van der Waals surface area (Å²) in [6.45, 7) is 0. The van der Waals surface area contributed by atoms with E-state index < -0.39 is 0 Å². The molecule has 0 N–H and O–H groups in total. The molecule has 0 unspecified atom stereocenters. The first-order valence-electron chi connectivity index (χ1n) is 22.2. The van der Waals surface area contributed by atoms with Crippen molar-refractivity contribution in [3.05, 3.63) is 236 Å². The van der Waals surface area contributed by atoms with Gasteiger partial charge in [-0.3, -0.25) is 0 Å². The van der Waals surface area contributed by atoms with Gasteiger partial charge in [0, 0.05) is 33.2 Å². The van der Waals surface area contributed by atoms with Crippen molar-refractivity contribution in [1.29, 1.82) is 0 Å². The Balaban J connectivity index is 1.05. The van der Waals surface area contributed by atoms with Crippen LogP contribution in [0, 0.1) is 0 Å². The Morgan fingerprint density at radius 2 is 0.850 bits per heavy atom. The molecule has 0 aliphatic rings. The van der Waals surface area contributed by atoms with E-state index in [0.29, 0.717) is 16.9 Å². The fraction of sp³-hybridized carbons (Fsp3) is 0. The zero-order chi connectivity index (χ0) is 43.3. The molecule has 0 atom stereocenters. The van der Waals surface area contributed by atoms with E-state index in [1.54, 1.807) is 0 Å². The van der Waals surface area contributed by atoms with Crippen molar-refractivity contribution in [2.45, 2.75) is 0 Å². The highest BCUT2D eigenvalue weighted by Crippen LogP contribution is 2.43. The maximum absolute atomic E-state index is 9.61. The number of furan rings is 1. The predicted molar refractivity (Wildman–Crippen MR) is 253 cm³/mol. The Labute approximate surface area is 355 Å². The van der Waals surface area contributed by atoms with Gasteiger partial charge in [0.2, 0.25) is 0 Å². The molecule has 282 valence electrons. The molecule has 60 heavy (non-hydrogen) atoms. The van der Waals surface area contributed by atoms with E-state index in [2.05, 4.69) is 78.9 Å². The molecule has 0 amide bonds. The lowest BCUT2D eigenvalue weighted by Crippen LogP contribution is -2.10. The zero-order valence-corrected chi connectivity index (χ0v) is 32.6. The van der Waals surface area contributed by atoms with Crippen molar-refractivity contribution < 1.29 is 9.90 Å². The van der Waals surface area contributed by atoms with Crippen LogP contribution in [0.5, 0.6) is 0 Å². The highest BCUT2D eigenvalue weighted by atomic mass is 16.3. The topological polar surface area (TPSA) is 16.4 Å². The van der Waals surface area contributed by atoms with Crippen LogP contribution in [0.15, 0.2) is 241 Å². The molecular weight excluding hydrogens is 727 g/mol. The van der Waals surface area contributed by atoms with Crippen LogP contribution in [0.3, 0.4) is 0 Å². The molecule has 0 aliphatic heterocycles. The fourth-order valence-electron chi connectivity index (χ4n) is 8.32. The third kappa shape index (κ3) is 6.51. The van der Waals surface area contributed by atoms with Crippen LogP contribution in [0.2, 0.25) is 0 Å². The second-order valence-corrected chi connectivity index (χ2v) is 15.0. The van der Waals surface area contributed by atoms with Gasteiger partial charge in [0.1, 0.15) is 11.2 Å². The van der Waals surface area contributed by atoms with E-state index in [9.17, 15) is 5.48 Å². The quantitative estimate of drug-likeness (QED) is 0.153. The number of hydrogen-bond donors (Lipinski definition) is 0. The third-order valence-electron chi connectivity index (χ3n) is 11.4. The predicted octanol–water partition coefficient (Wildman–Crippen LogP) is 16.5. The van der Waals surface area contributed by atoms with Crippen molar-refractivity contribution in [3.8, 4) is 55.6 Å². The van der Waals surface area contributed by atoms with Gasteiger partial charge in [0.05, 0.1) is 5.48 Å². The minimum atomic E-state index is -0.135. The van der Waals surface area contributed by atoms with Crippen molar-refractivity contribution in [2.24, 2.45) is 0 Å². The summed E-state index contributed by atoms with van der Waals surface area (Å²) in [5.41, 5.74) is 12.4. The zero-order valence-electron chi connectivity index (χ0n) is 36.6. The number of benzene rings is 10. The van der Waals surface area contributed by atoms with E-state index in [1.807, 2.05) is 138 Å². The van der Waals surface area contributed by atoms with Crippen molar-refractivity contribution in [2.75, 3.05) is 4.90 Å². The number of fused-ring (bicyclic) bond motifs is 5. The normalized spacial score (nSPS) is 12.3. The van der Waals surface area contributed by atoms with Crippen molar-refractivity contribution >= 4 is 49.8 Å². The van der Waals surface area contributed by atoms with E-state index in [4.69, 9.17) is 4.42 Å². The monoisotopic (exact) mass is 769 g/mol. The molecule has 0 aliphatic carbocycles. The first kappa shape index (κ1) is 31.1. The molecule has 10 aromatic carbocycles. The Hall–Kier alpha value is -7.94. The summed E-state index contributed by atoms with van der Waals surface area (Å²) in [7, 11) is 0. The summed E-state index contributed by atoms with van der Waals surface area (Å²) in [6, 6.07) is 70.8. The number of hydrogen-bond acceptors (Lipinski definition) is 2. The Morgan fingerprint density at radius 1 is 0.333 bits per heavy atom. The average molecular weight is 770 g/mol. The number of nitrogens with zero attached hydrogens (tertiary/aromatic N) is 1. The van der Waals surface area contributed by atoms with Crippen molar-refractivity contribution in [1.82, 2.24) is 0 Å². The number of rotatable bonds is 8. The van der Waals surface area contributed by atoms with E-state index >= 15 is 0 Å². The SMILES string of the molecule is [2H]c1c([2H])c(N(c2ccc(-c3ccc(-c4ccccc4)cc3)cc2)c2cccc(-c3cccc4oc5c6ccccc6ccc5c34)c2)c([2H])c([2H])c1-c1ccc(-c2ccccc2)cc1. The van der Waals surface area contributed by atoms with Gasteiger partial charge >= 0.3 is 0 Å². The van der Waals surface area contributed by atoms with Crippen LogP contribution < -0.4 is 4.90 Å². The van der Waals surface area contributed by atoms with Gasteiger partial charge in [-0.15, -0.1) is 0 Å². The molecule has 11 aromatic rings. The molecule has 0 saturated heterocycles. The lowest BCUT2D eigenvalue weighted by atomic mass is 9.97. The van der Waals surface area contributed by atoms with Gasteiger partial charge in [0.25, 0.3) is 0 Å². The first-order chi connectivity index (χ1) is 31.4. The molecule has 2 heteroatoms. The third-order valence-corrected chi connectivity index (χ3v) is 11.4. The Morgan fingerprint density at radius 3 is 1.48 bits per heavy atom. The fourth-order valence-corrected chi connectivity index (χ4v) is 8.32. The maximum Gasteiger partial charge on any atom is 0.143 e. The lowest BCUT2D eigenvalue weighted by molar-refractivity contribution is 0.673. The Bertz CT molecular complexity index is 3480. The summed E-state index contributed by atoms with van der Waals surface area (Å²) in [5.74, 6) is 0.